The lowest BCUT2D eigenvalue weighted by Crippen LogP contribution is -2.49. The number of nitrogens with zero attached hydrogens (tertiary/aromatic N) is 2. The number of anilines is 1. The molecule has 0 radical (unpaired) electrons. The number of carbonyl (C=O) groups is 2. The van der Waals surface area contributed by atoms with Crippen LogP contribution in [-0.4, -0.2) is 56.6 Å². The molecule has 0 aliphatic carbocycles. The highest BCUT2D eigenvalue weighted by Crippen LogP contribution is 2.22. The number of ether oxygens (including phenoxy) is 1. The summed E-state index contributed by atoms with van der Waals surface area (Å²) in [6.45, 7) is 8.47. The van der Waals surface area contributed by atoms with Crippen molar-refractivity contribution in [2.45, 2.75) is 65.6 Å². The molecular formula is C27H39N3O5S. The SMILES string of the molecule is CCOc1ccc(N(CCCC(=O)N(Cc2ccccc2)[C@H](C)C(=O)N[C@@H](C)CC)S(C)(=O)=O)cc1. The predicted molar refractivity (Wildman–Crippen MR) is 143 cm³/mol. The number of sulfonamides is 1. The second-order valence-corrected chi connectivity index (χ2v) is 10.8. The van der Waals surface area contributed by atoms with Crippen molar-refractivity contribution in [2.24, 2.45) is 0 Å². The maximum Gasteiger partial charge on any atom is 0.242 e. The average molecular weight is 518 g/mol. The zero-order valence-corrected chi connectivity index (χ0v) is 22.8. The number of hydrogen-bond acceptors (Lipinski definition) is 5. The molecule has 2 amide bonds. The number of rotatable bonds is 14. The molecule has 36 heavy (non-hydrogen) atoms. The highest BCUT2D eigenvalue weighted by molar-refractivity contribution is 7.92. The van der Waals surface area contributed by atoms with E-state index in [1.165, 1.54) is 4.31 Å². The van der Waals surface area contributed by atoms with Crippen LogP contribution in [0.15, 0.2) is 54.6 Å². The summed E-state index contributed by atoms with van der Waals surface area (Å²) < 4.78 is 31.7. The lowest BCUT2D eigenvalue weighted by molar-refractivity contribution is -0.140. The molecular weight excluding hydrogens is 478 g/mol. The zero-order valence-electron chi connectivity index (χ0n) is 21.9. The van der Waals surface area contributed by atoms with E-state index in [1.54, 1.807) is 36.1 Å². The number of carbonyl (C=O) groups excluding carboxylic acids is 2. The van der Waals surface area contributed by atoms with Crippen LogP contribution in [0.3, 0.4) is 0 Å². The summed E-state index contributed by atoms with van der Waals surface area (Å²) >= 11 is 0. The van der Waals surface area contributed by atoms with E-state index in [1.807, 2.05) is 51.1 Å². The Bertz CT molecular complexity index is 1070. The lowest BCUT2D eigenvalue weighted by atomic mass is 10.1. The van der Waals surface area contributed by atoms with Gasteiger partial charge in [0.05, 0.1) is 18.6 Å². The smallest absolute Gasteiger partial charge is 0.242 e. The third-order valence-electron chi connectivity index (χ3n) is 5.95. The molecule has 8 nitrogen and oxygen atoms in total. The van der Waals surface area contributed by atoms with Crippen molar-refractivity contribution in [2.75, 3.05) is 23.7 Å². The van der Waals surface area contributed by atoms with Gasteiger partial charge in [-0.05, 0) is 63.4 Å². The second-order valence-electron chi connectivity index (χ2n) is 8.87. The van der Waals surface area contributed by atoms with Crippen LogP contribution in [0.2, 0.25) is 0 Å². The van der Waals surface area contributed by atoms with Crippen molar-refractivity contribution in [3.63, 3.8) is 0 Å². The molecule has 0 aromatic heterocycles. The van der Waals surface area contributed by atoms with Crippen molar-refractivity contribution >= 4 is 27.5 Å². The molecule has 0 saturated heterocycles. The standard InChI is InChI=1S/C27H39N3O5S/c1-6-21(3)28-27(32)22(4)29(20-23-12-9-8-10-13-23)26(31)14-11-19-30(36(5,33)34)24-15-17-25(18-16-24)35-7-2/h8-10,12-13,15-18,21-22H,6-7,11,14,19-20H2,1-5H3,(H,28,32)/t21-,22+/m0/s1. The first kappa shape index (κ1) is 29.2. The van der Waals surface area contributed by atoms with Gasteiger partial charge in [0, 0.05) is 25.6 Å². The monoisotopic (exact) mass is 517 g/mol. The van der Waals surface area contributed by atoms with E-state index in [4.69, 9.17) is 4.74 Å². The molecule has 0 heterocycles. The van der Waals surface area contributed by atoms with Crippen molar-refractivity contribution in [1.82, 2.24) is 10.2 Å². The Balaban J connectivity index is 2.13. The van der Waals surface area contributed by atoms with Gasteiger partial charge in [0.2, 0.25) is 21.8 Å². The van der Waals surface area contributed by atoms with Gasteiger partial charge in [0.1, 0.15) is 11.8 Å². The zero-order chi connectivity index (χ0) is 26.7. The fourth-order valence-corrected chi connectivity index (χ4v) is 4.67. The molecule has 0 aliphatic heterocycles. The van der Waals surface area contributed by atoms with Gasteiger partial charge < -0.3 is 15.0 Å². The van der Waals surface area contributed by atoms with E-state index < -0.39 is 16.1 Å². The third-order valence-corrected chi connectivity index (χ3v) is 7.15. The molecule has 2 aromatic rings. The molecule has 2 rings (SSSR count). The summed E-state index contributed by atoms with van der Waals surface area (Å²) in [4.78, 5) is 27.7. The van der Waals surface area contributed by atoms with E-state index in [2.05, 4.69) is 5.32 Å². The van der Waals surface area contributed by atoms with Crippen molar-refractivity contribution < 1.29 is 22.7 Å². The van der Waals surface area contributed by atoms with E-state index in [0.717, 1.165) is 18.2 Å². The van der Waals surface area contributed by atoms with Crippen LogP contribution >= 0.6 is 0 Å². The van der Waals surface area contributed by atoms with E-state index >= 15 is 0 Å². The lowest BCUT2D eigenvalue weighted by Gasteiger charge is -2.30. The van der Waals surface area contributed by atoms with Crippen molar-refractivity contribution in [3.8, 4) is 5.75 Å². The van der Waals surface area contributed by atoms with Crippen LogP contribution in [-0.2, 0) is 26.2 Å². The molecule has 0 fully saturated rings. The molecule has 1 N–H and O–H groups in total. The van der Waals surface area contributed by atoms with Gasteiger partial charge in [-0.2, -0.15) is 0 Å². The fraction of sp³-hybridized carbons (Fsp3) is 0.481. The summed E-state index contributed by atoms with van der Waals surface area (Å²) in [5.41, 5.74) is 1.43. The Morgan fingerprint density at radius 2 is 1.64 bits per heavy atom. The van der Waals surface area contributed by atoms with Crippen LogP contribution in [0.1, 0.15) is 52.5 Å². The van der Waals surface area contributed by atoms with Crippen LogP contribution in [0, 0.1) is 0 Å². The molecule has 0 spiro atoms. The van der Waals surface area contributed by atoms with Crippen LogP contribution < -0.4 is 14.4 Å². The van der Waals surface area contributed by atoms with Crippen molar-refractivity contribution in [3.05, 3.63) is 60.2 Å². The van der Waals surface area contributed by atoms with Gasteiger partial charge in [0.15, 0.2) is 0 Å². The minimum atomic E-state index is -3.55. The first-order valence-electron chi connectivity index (χ1n) is 12.4. The van der Waals surface area contributed by atoms with Gasteiger partial charge in [0.25, 0.3) is 0 Å². The quantitative estimate of drug-likeness (QED) is 0.409. The van der Waals surface area contributed by atoms with Crippen LogP contribution in [0.4, 0.5) is 5.69 Å². The predicted octanol–water partition coefficient (Wildman–Crippen LogP) is 3.96. The molecule has 0 aliphatic rings. The highest BCUT2D eigenvalue weighted by Gasteiger charge is 2.27. The van der Waals surface area contributed by atoms with E-state index in [9.17, 15) is 18.0 Å². The molecule has 0 unspecified atom stereocenters. The van der Waals surface area contributed by atoms with Crippen LogP contribution in [0.25, 0.3) is 0 Å². The molecule has 198 valence electrons. The largest absolute Gasteiger partial charge is 0.494 e. The maximum absolute atomic E-state index is 13.3. The van der Waals surface area contributed by atoms with Gasteiger partial charge in [-0.3, -0.25) is 13.9 Å². The maximum atomic E-state index is 13.3. The Kier molecular flexibility index (Phi) is 11.2. The number of hydrogen-bond donors (Lipinski definition) is 1. The van der Waals surface area contributed by atoms with Gasteiger partial charge in [-0.15, -0.1) is 0 Å². The van der Waals surface area contributed by atoms with Crippen molar-refractivity contribution in [1.29, 1.82) is 0 Å². The van der Waals surface area contributed by atoms with Gasteiger partial charge in [-0.1, -0.05) is 37.3 Å². The van der Waals surface area contributed by atoms with E-state index in [0.29, 0.717) is 31.0 Å². The number of amides is 2. The van der Waals surface area contributed by atoms with Gasteiger partial charge in [-0.25, -0.2) is 8.42 Å². The first-order chi connectivity index (χ1) is 17.1. The summed E-state index contributed by atoms with van der Waals surface area (Å²) in [7, 11) is -3.55. The molecule has 2 atom stereocenters. The summed E-state index contributed by atoms with van der Waals surface area (Å²) in [6, 6.07) is 15.7. The molecule has 0 bridgehead atoms. The Labute approximate surface area is 215 Å². The fourth-order valence-electron chi connectivity index (χ4n) is 3.71. The Morgan fingerprint density at radius 1 is 1.00 bits per heavy atom. The van der Waals surface area contributed by atoms with Gasteiger partial charge >= 0.3 is 0 Å². The number of nitrogens with one attached hydrogen (secondary N) is 1. The molecule has 2 aromatic carbocycles. The normalized spacial score (nSPS) is 12.9. The molecule has 9 heteroatoms. The molecule has 0 saturated carbocycles. The average Bonchev–Trinajstić information content (AvgIpc) is 2.85. The third kappa shape index (κ3) is 8.86. The topological polar surface area (TPSA) is 96.0 Å². The minimum Gasteiger partial charge on any atom is -0.494 e. The van der Waals surface area contributed by atoms with E-state index in [-0.39, 0.29) is 30.8 Å². The Hall–Kier alpha value is -3.07. The summed E-state index contributed by atoms with van der Waals surface area (Å²) in [5, 5.41) is 2.95. The highest BCUT2D eigenvalue weighted by atomic mass is 32.2. The first-order valence-corrected chi connectivity index (χ1v) is 14.3. The summed E-state index contributed by atoms with van der Waals surface area (Å²) in [5.74, 6) is 0.248. The Morgan fingerprint density at radius 3 is 2.19 bits per heavy atom. The minimum absolute atomic E-state index is 0.00561. The van der Waals surface area contributed by atoms with Crippen LogP contribution in [0.5, 0.6) is 5.75 Å². The second kappa shape index (κ2) is 13.9. The summed E-state index contributed by atoms with van der Waals surface area (Å²) in [6.07, 6.45) is 2.35. The number of benzene rings is 2.